The lowest BCUT2D eigenvalue weighted by Crippen LogP contribution is -2.06. The van der Waals surface area contributed by atoms with Crippen molar-refractivity contribution in [3.63, 3.8) is 0 Å². The van der Waals surface area contributed by atoms with Crippen LogP contribution in [-0.2, 0) is 6.61 Å². The van der Waals surface area contributed by atoms with Crippen molar-refractivity contribution in [1.29, 1.82) is 0 Å². The molecule has 1 aliphatic rings. The number of hydrogen-bond acceptors (Lipinski definition) is 1. The Balaban J connectivity index is 2.00. The predicted octanol–water partition coefficient (Wildman–Crippen LogP) is 4.23. The first-order chi connectivity index (χ1) is 10.8. The van der Waals surface area contributed by atoms with E-state index in [0.29, 0.717) is 6.61 Å². The fourth-order valence-corrected chi connectivity index (χ4v) is 2.60. The molecule has 108 valence electrons. The van der Waals surface area contributed by atoms with E-state index >= 15 is 0 Å². The molecule has 3 rings (SSSR count). The molecule has 0 saturated heterocycles. The van der Waals surface area contributed by atoms with Crippen LogP contribution in [-0.4, -0.2) is 6.16 Å². The van der Waals surface area contributed by atoms with Crippen molar-refractivity contribution in [2.45, 2.75) is 20.0 Å². The molecule has 0 radical (unpaired) electrons. The molecule has 0 aromatic heterocycles. The highest BCUT2D eigenvalue weighted by Crippen LogP contribution is 2.38. The third kappa shape index (κ3) is 3.01. The van der Waals surface area contributed by atoms with Gasteiger partial charge in [-0.15, -0.1) is 9.24 Å². The summed E-state index contributed by atoms with van der Waals surface area (Å²) in [5, 5.41) is 0. The zero-order chi connectivity index (χ0) is 15.4. The minimum absolute atomic E-state index is 0.588. The topological polar surface area (TPSA) is 9.23 Å². The summed E-state index contributed by atoms with van der Waals surface area (Å²) in [6.45, 7) is 2.65. The lowest BCUT2D eigenvalue weighted by molar-refractivity contribution is 0.302. The highest BCUT2D eigenvalue weighted by molar-refractivity contribution is 7.16. The van der Waals surface area contributed by atoms with Crippen LogP contribution in [0.2, 0.25) is 0 Å². The molecule has 0 aliphatic carbocycles. The number of fused-ring (bicyclic) bond motifs is 3. The summed E-state index contributed by atoms with van der Waals surface area (Å²) in [6, 6.07) is 12.5. The van der Waals surface area contributed by atoms with E-state index < -0.39 is 0 Å². The Hall–Kier alpha value is -2.21. The maximum atomic E-state index is 5.91. The van der Waals surface area contributed by atoms with E-state index in [4.69, 9.17) is 4.74 Å². The smallest absolute Gasteiger partial charge is 0.128 e. The lowest BCUT2D eigenvalue weighted by atomic mass is 9.94. The van der Waals surface area contributed by atoms with Gasteiger partial charge in [0.15, 0.2) is 0 Å². The number of rotatable bonds is 0. The molecule has 1 aliphatic heterocycles. The second kappa shape index (κ2) is 6.70. The molecule has 0 N–H and O–H groups in total. The normalized spacial score (nSPS) is 11.0. The van der Waals surface area contributed by atoms with Gasteiger partial charge >= 0.3 is 0 Å². The second-order valence-corrected chi connectivity index (χ2v) is 5.44. The molecule has 2 aromatic rings. The first-order valence-corrected chi connectivity index (χ1v) is 8.21. The summed E-state index contributed by atoms with van der Waals surface area (Å²) in [7, 11) is 2.61. The summed E-state index contributed by atoms with van der Waals surface area (Å²) in [4.78, 5) is 0. The van der Waals surface area contributed by atoms with E-state index in [-0.39, 0.29) is 0 Å². The van der Waals surface area contributed by atoms with Crippen LogP contribution in [0.4, 0.5) is 0 Å². The van der Waals surface area contributed by atoms with Gasteiger partial charge in [-0.05, 0) is 41.5 Å². The van der Waals surface area contributed by atoms with Gasteiger partial charge < -0.3 is 4.74 Å². The van der Waals surface area contributed by atoms with Gasteiger partial charge in [-0.25, -0.2) is 0 Å². The molecule has 1 unspecified atom stereocenters. The van der Waals surface area contributed by atoms with Crippen LogP contribution in [0.3, 0.4) is 0 Å². The maximum absolute atomic E-state index is 5.91. The van der Waals surface area contributed by atoms with E-state index in [1.807, 2.05) is 6.07 Å². The zero-order valence-electron chi connectivity index (χ0n) is 12.6. The third-order valence-corrected chi connectivity index (χ3v) is 3.71. The van der Waals surface area contributed by atoms with Crippen LogP contribution < -0.4 is 4.74 Å². The Labute approximate surface area is 134 Å². The van der Waals surface area contributed by atoms with Gasteiger partial charge in [-0.3, -0.25) is 0 Å². The predicted molar refractivity (Wildman–Crippen MR) is 94.8 cm³/mol. The van der Waals surface area contributed by atoms with Crippen molar-refractivity contribution in [3.05, 3.63) is 53.1 Å². The highest BCUT2D eigenvalue weighted by Gasteiger charge is 2.17. The van der Waals surface area contributed by atoms with E-state index in [1.165, 1.54) is 11.1 Å². The molecule has 2 aromatic carbocycles. The molecule has 1 nitrogen and oxygen atoms in total. The molecule has 0 amide bonds. The minimum Gasteiger partial charge on any atom is -0.488 e. The second-order valence-electron chi connectivity index (χ2n) is 5.03. The van der Waals surface area contributed by atoms with Crippen LogP contribution in [0.5, 0.6) is 5.75 Å². The van der Waals surface area contributed by atoms with Crippen molar-refractivity contribution in [3.8, 4) is 40.6 Å². The molecular weight excluding hydrogens is 287 g/mol. The molecule has 2 heteroatoms. The summed E-state index contributed by atoms with van der Waals surface area (Å²) in [5.41, 5.74) is 5.60. The Kier molecular flexibility index (Phi) is 4.48. The number of benzene rings is 2. The standard InChI is InChI=1S/C20H17OP/c1-2-3-5-15-7-9-18-17(12-15)14-21-20-13-16(6-4-11-22)8-10-19(18)20/h7-10,12-13H,2,11,14,22H2,1H3. The van der Waals surface area contributed by atoms with E-state index in [9.17, 15) is 0 Å². The third-order valence-electron chi connectivity index (χ3n) is 3.50. The van der Waals surface area contributed by atoms with E-state index in [0.717, 1.165) is 35.0 Å². The quantitative estimate of drug-likeness (QED) is 0.523. The Bertz CT molecular complexity index is 757. The van der Waals surface area contributed by atoms with E-state index in [2.05, 4.69) is 70.2 Å². The summed E-state index contributed by atoms with van der Waals surface area (Å²) in [6.07, 6.45) is 1.65. The Morgan fingerprint density at radius 1 is 1.00 bits per heavy atom. The van der Waals surface area contributed by atoms with Gasteiger partial charge in [0.1, 0.15) is 12.4 Å². The van der Waals surface area contributed by atoms with Crippen molar-refractivity contribution in [1.82, 2.24) is 0 Å². The Morgan fingerprint density at radius 3 is 2.50 bits per heavy atom. The average molecular weight is 304 g/mol. The fraction of sp³-hybridized carbons (Fsp3) is 0.200. The van der Waals surface area contributed by atoms with Crippen LogP contribution in [0.15, 0.2) is 36.4 Å². The molecular formula is C20H17OP. The van der Waals surface area contributed by atoms with Gasteiger partial charge in [-0.1, -0.05) is 36.7 Å². The Morgan fingerprint density at radius 2 is 1.73 bits per heavy atom. The molecule has 1 atom stereocenters. The summed E-state index contributed by atoms with van der Waals surface area (Å²) in [5.74, 6) is 13.4. The van der Waals surface area contributed by atoms with Gasteiger partial charge in [0.2, 0.25) is 0 Å². The van der Waals surface area contributed by atoms with Gasteiger partial charge in [-0.2, -0.15) is 0 Å². The van der Waals surface area contributed by atoms with Crippen molar-refractivity contribution >= 4 is 9.24 Å². The van der Waals surface area contributed by atoms with Crippen molar-refractivity contribution in [2.24, 2.45) is 0 Å². The van der Waals surface area contributed by atoms with E-state index in [1.54, 1.807) is 0 Å². The maximum Gasteiger partial charge on any atom is 0.128 e. The minimum atomic E-state index is 0.588. The number of hydrogen-bond donors (Lipinski definition) is 0. The van der Waals surface area contributed by atoms with Crippen molar-refractivity contribution < 1.29 is 4.74 Å². The van der Waals surface area contributed by atoms with Crippen LogP contribution in [0.25, 0.3) is 11.1 Å². The first-order valence-electron chi connectivity index (χ1n) is 7.39. The fourth-order valence-electron chi connectivity index (χ4n) is 2.49. The molecule has 0 bridgehead atoms. The molecule has 22 heavy (non-hydrogen) atoms. The zero-order valence-corrected chi connectivity index (χ0v) is 13.7. The molecule has 0 fully saturated rings. The lowest BCUT2D eigenvalue weighted by Gasteiger charge is -2.21. The highest BCUT2D eigenvalue weighted by atomic mass is 31.0. The van der Waals surface area contributed by atoms with Crippen LogP contribution in [0, 0.1) is 23.7 Å². The SMILES string of the molecule is CCC#Cc1ccc2c(c1)COc1cc(C#CCP)ccc1-2. The van der Waals surface area contributed by atoms with Gasteiger partial charge in [0.25, 0.3) is 0 Å². The monoisotopic (exact) mass is 304 g/mol. The van der Waals surface area contributed by atoms with Crippen LogP contribution >= 0.6 is 9.24 Å². The van der Waals surface area contributed by atoms with Gasteiger partial charge in [0.05, 0.1) is 0 Å². The largest absolute Gasteiger partial charge is 0.488 e. The summed E-state index contributed by atoms with van der Waals surface area (Å²) < 4.78 is 5.91. The van der Waals surface area contributed by atoms with Gasteiger partial charge in [0, 0.05) is 29.3 Å². The average Bonchev–Trinajstić information content (AvgIpc) is 2.57. The molecule has 0 spiro atoms. The molecule has 1 heterocycles. The summed E-state index contributed by atoms with van der Waals surface area (Å²) >= 11 is 0. The number of ether oxygens (including phenoxy) is 1. The first kappa shape index (κ1) is 14.7. The van der Waals surface area contributed by atoms with Crippen LogP contribution in [0.1, 0.15) is 30.0 Å². The molecule has 0 saturated carbocycles. The van der Waals surface area contributed by atoms with Crippen molar-refractivity contribution in [2.75, 3.05) is 6.16 Å².